The molecule has 0 aliphatic carbocycles. The largest absolute Gasteiger partial charge is 0.146 e. The highest BCUT2D eigenvalue weighted by Crippen LogP contribution is 2.32. The third kappa shape index (κ3) is 5.77. The van der Waals surface area contributed by atoms with Gasteiger partial charge < -0.3 is 0 Å². The molecule has 0 fully saturated rings. The fraction of sp³-hybridized carbons (Fsp3) is 0.556. The highest BCUT2D eigenvalue weighted by molar-refractivity contribution is 7.16. The fourth-order valence-corrected chi connectivity index (χ4v) is 4.33. The monoisotopic (exact) mass is 342 g/mol. The van der Waals surface area contributed by atoms with E-state index in [4.69, 9.17) is 11.6 Å². The molecule has 0 atom stereocenters. The van der Waals surface area contributed by atoms with Crippen LogP contribution >= 0.6 is 34.3 Å². The van der Waals surface area contributed by atoms with Crippen molar-refractivity contribution in [3.63, 3.8) is 0 Å². The van der Waals surface area contributed by atoms with Gasteiger partial charge in [-0.05, 0) is 48.4 Å². The Balaban J connectivity index is 0.000000211. The zero-order valence-electron chi connectivity index (χ0n) is 14.4. The second-order valence-corrected chi connectivity index (χ2v) is 10.6. The van der Waals surface area contributed by atoms with E-state index in [1.54, 1.807) is 11.3 Å². The lowest BCUT2D eigenvalue weighted by Gasteiger charge is -2.17. The molecule has 0 saturated heterocycles. The molecule has 2 rings (SSSR count). The van der Waals surface area contributed by atoms with Crippen molar-refractivity contribution in [2.75, 3.05) is 0 Å². The van der Waals surface area contributed by atoms with Gasteiger partial charge in [0.15, 0.2) is 0 Å². The summed E-state index contributed by atoms with van der Waals surface area (Å²) in [6.07, 6.45) is 0. The highest BCUT2D eigenvalue weighted by atomic mass is 35.5. The minimum Gasteiger partial charge on any atom is -0.146 e. The predicted molar refractivity (Wildman–Crippen MR) is 101 cm³/mol. The van der Waals surface area contributed by atoms with Crippen molar-refractivity contribution < 1.29 is 0 Å². The first-order chi connectivity index (χ1) is 9.41. The van der Waals surface area contributed by atoms with E-state index in [1.807, 2.05) is 17.4 Å². The Labute approximate surface area is 143 Å². The maximum atomic E-state index is 5.78. The minimum atomic E-state index is 0.248. The van der Waals surface area contributed by atoms with Gasteiger partial charge in [-0.15, -0.1) is 22.7 Å². The molecule has 0 aliphatic rings. The zero-order valence-corrected chi connectivity index (χ0v) is 16.8. The lowest BCUT2D eigenvalue weighted by molar-refractivity contribution is 0.589. The SMILES string of the molecule is CC(C)(C)c1ccc(Cl)s1.Cc1cc(C(C)(C)C)c(C)s1. The van der Waals surface area contributed by atoms with Crippen LogP contribution in [0.15, 0.2) is 18.2 Å². The van der Waals surface area contributed by atoms with Crippen molar-refractivity contribution in [1.29, 1.82) is 0 Å². The Morgan fingerprint density at radius 3 is 1.62 bits per heavy atom. The molecule has 0 aromatic carbocycles. The number of hydrogen-bond donors (Lipinski definition) is 0. The quantitative estimate of drug-likeness (QED) is 0.469. The van der Waals surface area contributed by atoms with Crippen molar-refractivity contribution >= 4 is 34.3 Å². The summed E-state index contributed by atoms with van der Waals surface area (Å²) >= 11 is 9.34. The Morgan fingerprint density at radius 1 is 0.857 bits per heavy atom. The summed E-state index contributed by atoms with van der Waals surface area (Å²) in [5.74, 6) is 0. The second kappa shape index (κ2) is 6.85. The minimum absolute atomic E-state index is 0.248. The maximum Gasteiger partial charge on any atom is 0.0931 e. The van der Waals surface area contributed by atoms with Crippen LogP contribution in [0.2, 0.25) is 4.34 Å². The van der Waals surface area contributed by atoms with Gasteiger partial charge in [0.1, 0.15) is 0 Å². The van der Waals surface area contributed by atoms with E-state index in [9.17, 15) is 0 Å². The van der Waals surface area contributed by atoms with Crippen LogP contribution in [0.25, 0.3) is 0 Å². The second-order valence-electron chi connectivity index (χ2n) is 7.43. The molecule has 2 aromatic rings. The Kier molecular flexibility index (Phi) is 6.11. The third-order valence-corrected chi connectivity index (χ3v) is 5.78. The van der Waals surface area contributed by atoms with Gasteiger partial charge >= 0.3 is 0 Å². The van der Waals surface area contributed by atoms with E-state index in [-0.39, 0.29) is 5.41 Å². The van der Waals surface area contributed by atoms with Gasteiger partial charge in [0.2, 0.25) is 0 Å². The summed E-state index contributed by atoms with van der Waals surface area (Å²) in [6.45, 7) is 17.7. The molecule has 3 heteroatoms. The van der Waals surface area contributed by atoms with Crippen LogP contribution in [0.1, 0.15) is 61.7 Å². The topological polar surface area (TPSA) is 0 Å². The molecule has 2 heterocycles. The average Bonchev–Trinajstić information content (AvgIpc) is 2.84. The van der Waals surface area contributed by atoms with Gasteiger partial charge in [0, 0.05) is 14.6 Å². The summed E-state index contributed by atoms with van der Waals surface area (Å²) in [5, 5.41) is 0. The van der Waals surface area contributed by atoms with Crippen LogP contribution in [0.5, 0.6) is 0 Å². The molecule has 0 bridgehead atoms. The summed E-state index contributed by atoms with van der Waals surface area (Å²) < 4.78 is 0.880. The predicted octanol–water partition coefficient (Wildman–Crippen LogP) is 7.36. The molecular weight excluding hydrogens is 316 g/mol. The number of halogens is 1. The molecule has 0 spiro atoms. The first kappa shape index (κ1) is 18.7. The molecule has 0 unspecified atom stereocenters. The molecule has 21 heavy (non-hydrogen) atoms. The van der Waals surface area contributed by atoms with E-state index in [2.05, 4.69) is 67.5 Å². The van der Waals surface area contributed by atoms with Crippen molar-refractivity contribution in [2.45, 2.75) is 66.2 Å². The number of rotatable bonds is 0. The zero-order chi connectivity index (χ0) is 16.4. The van der Waals surface area contributed by atoms with E-state index < -0.39 is 0 Å². The number of thiophene rings is 2. The van der Waals surface area contributed by atoms with E-state index in [0.29, 0.717) is 5.41 Å². The van der Waals surface area contributed by atoms with Gasteiger partial charge in [-0.3, -0.25) is 0 Å². The average molecular weight is 343 g/mol. The van der Waals surface area contributed by atoms with Crippen LogP contribution < -0.4 is 0 Å². The molecule has 118 valence electrons. The van der Waals surface area contributed by atoms with Crippen LogP contribution in [0.3, 0.4) is 0 Å². The summed E-state index contributed by atoms with van der Waals surface area (Å²) in [4.78, 5) is 4.24. The first-order valence-electron chi connectivity index (χ1n) is 7.24. The maximum absolute atomic E-state index is 5.78. The Morgan fingerprint density at radius 2 is 1.43 bits per heavy atom. The van der Waals surface area contributed by atoms with Crippen molar-refractivity contribution in [3.05, 3.63) is 42.7 Å². The third-order valence-electron chi connectivity index (χ3n) is 3.16. The Hall–Kier alpha value is -0.310. The summed E-state index contributed by atoms with van der Waals surface area (Å²) in [7, 11) is 0. The molecule has 0 nitrogen and oxygen atoms in total. The van der Waals surface area contributed by atoms with Crippen LogP contribution in [0, 0.1) is 13.8 Å². The smallest absolute Gasteiger partial charge is 0.0931 e. The van der Waals surface area contributed by atoms with Crippen molar-refractivity contribution in [2.24, 2.45) is 0 Å². The molecule has 0 aliphatic heterocycles. The van der Waals surface area contributed by atoms with E-state index in [0.717, 1.165) is 4.34 Å². The van der Waals surface area contributed by atoms with Crippen molar-refractivity contribution in [1.82, 2.24) is 0 Å². The van der Waals surface area contributed by atoms with Crippen LogP contribution in [-0.4, -0.2) is 0 Å². The molecule has 0 N–H and O–H groups in total. The van der Waals surface area contributed by atoms with Gasteiger partial charge in [-0.1, -0.05) is 53.1 Å². The van der Waals surface area contributed by atoms with Crippen LogP contribution in [-0.2, 0) is 10.8 Å². The van der Waals surface area contributed by atoms with Gasteiger partial charge in [-0.2, -0.15) is 0 Å². The van der Waals surface area contributed by atoms with E-state index in [1.165, 1.54) is 20.2 Å². The van der Waals surface area contributed by atoms with E-state index >= 15 is 0 Å². The highest BCUT2D eigenvalue weighted by Gasteiger charge is 2.17. The molecule has 0 radical (unpaired) electrons. The normalized spacial score (nSPS) is 12.0. The van der Waals surface area contributed by atoms with Gasteiger partial charge in [0.05, 0.1) is 4.34 Å². The first-order valence-corrected chi connectivity index (χ1v) is 9.25. The molecular formula is C18H27ClS2. The number of aryl methyl sites for hydroxylation is 2. The fourth-order valence-electron chi connectivity index (χ4n) is 2.09. The molecule has 0 saturated carbocycles. The lowest BCUT2D eigenvalue weighted by atomic mass is 9.87. The molecule has 2 aromatic heterocycles. The Bertz CT molecular complexity index is 577. The van der Waals surface area contributed by atoms with Gasteiger partial charge in [0.25, 0.3) is 0 Å². The summed E-state index contributed by atoms with van der Waals surface area (Å²) in [6, 6.07) is 6.35. The number of hydrogen-bond acceptors (Lipinski definition) is 2. The molecule has 0 amide bonds. The summed E-state index contributed by atoms with van der Waals surface area (Å²) in [5.41, 5.74) is 2.06. The van der Waals surface area contributed by atoms with Gasteiger partial charge in [-0.25, -0.2) is 0 Å². The standard InChI is InChI=1S/C10H16S.C8H11ClS/c1-7-6-9(8(2)11-7)10(3,4)5;1-8(2,3)6-4-5-7(9)10-6/h6H,1-5H3;4-5H,1-3H3. The van der Waals surface area contributed by atoms with Crippen LogP contribution in [0.4, 0.5) is 0 Å². The lowest BCUT2D eigenvalue weighted by Crippen LogP contribution is -2.10. The van der Waals surface area contributed by atoms with Crippen molar-refractivity contribution in [3.8, 4) is 0 Å².